The predicted octanol–water partition coefficient (Wildman–Crippen LogP) is 0.845. The first-order valence-corrected chi connectivity index (χ1v) is 2.44. The number of carbonyl (C=O) groups is 2. The second kappa shape index (κ2) is 2.13. The van der Waals surface area contributed by atoms with Crippen LogP contribution in [0.25, 0.3) is 0 Å². The summed E-state index contributed by atoms with van der Waals surface area (Å²) in [6.45, 7) is 0. The van der Waals surface area contributed by atoms with Crippen LogP contribution < -0.4 is 0 Å². The second-order valence-corrected chi connectivity index (χ2v) is 1.71. The Hall–Kier alpha value is -1.32. The molecule has 0 aromatic rings. The topological polar surface area (TPSA) is 34.1 Å². The molecule has 0 aromatic heterocycles. The van der Waals surface area contributed by atoms with Crippen LogP contribution in [0.1, 0.15) is 0 Å². The van der Waals surface area contributed by atoms with Gasteiger partial charge in [-0.3, -0.25) is 9.59 Å². The molecule has 0 heterocycles. The molecule has 1 rings (SSSR count). The van der Waals surface area contributed by atoms with Gasteiger partial charge in [0.05, 0.1) is 0 Å². The minimum atomic E-state index is -1.29. The molecule has 0 saturated heterocycles. The fourth-order valence-corrected chi connectivity index (χ4v) is 0.510. The minimum absolute atomic E-state index is 0.331. The number of halogens is 2. The Labute approximate surface area is 54.8 Å². The SMILES string of the molecule is O=C1C=C(F)C(F)=CC1=O. The fraction of sp³-hybridized carbons (Fsp3) is 0. The highest BCUT2D eigenvalue weighted by Gasteiger charge is 2.19. The molecule has 0 amide bonds. The predicted molar refractivity (Wildman–Crippen MR) is 28.4 cm³/mol. The van der Waals surface area contributed by atoms with Gasteiger partial charge in [-0.2, -0.15) is 0 Å². The first-order valence-electron chi connectivity index (χ1n) is 2.44. The molecule has 2 nitrogen and oxygen atoms in total. The molecule has 0 atom stereocenters. The maximum Gasteiger partial charge on any atom is 0.228 e. The second-order valence-electron chi connectivity index (χ2n) is 1.71. The van der Waals surface area contributed by atoms with Crippen LogP contribution in [0, 0.1) is 0 Å². The van der Waals surface area contributed by atoms with Gasteiger partial charge in [0.15, 0.2) is 11.7 Å². The third-order valence-corrected chi connectivity index (χ3v) is 0.987. The van der Waals surface area contributed by atoms with Crippen molar-refractivity contribution in [2.24, 2.45) is 0 Å². The molecule has 1 aliphatic rings. The van der Waals surface area contributed by atoms with E-state index in [1.54, 1.807) is 0 Å². The molecule has 1 aliphatic carbocycles. The molecule has 0 aromatic carbocycles. The normalized spacial score (nSPS) is 18.6. The lowest BCUT2D eigenvalue weighted by atomic mass is 10.1. The van der Waals surface area contributed by atoms with E-state index in [4.69, 9.17) is 0 Å². The van der Waals surface area contributed by atoms with E-state index in [1.165, 1.54) is 0 Å². The first kappa shape index (κ1) is 6.80. The number of ketones is 2. The summed E-state index contributed by atoms with van der Waals surface area (Å²) in [5.74, 6) is -4.63. The Kier molecular flexibility index (Phi) is 1.45. The Morgan fingerprint density at radius 2 is 1.20 bits per heavy atom. The van der Waals surface area contributed by atoms with Crippen LogP contribution >= 0.6 is 0 Å². The van der Waals surface area contributed by atoms with Gasteiger partial charge in [0, 0.05) is 12.2 Å². The van der Waals surface area contributed by atoms with Crippen molar-refractivity contribution in [3.63, 3.8) is 0 Å². The van der Waals surface area contributed by atoms with Crippen molar-refractivity contribution in [1.82, 2.24) is 0 Å². The van der Waals surface area contributed by atoms with Gasteiger partial charge in [-0.15, -0.1) is 0 Å². The summed E-state index contributed by atoms with van der Waals surface area (Å²) in [6, 6.07) is 0. The summed E-state index contributed by atoms with van der Waals surface area (Å²) >= 11 is 0. The zero-order chi connectivity index (χ0) is 7.72. The standard InChI is InChI=1S/C6H2F2O2/c7-3-1-5(9)6(10)2-4(3)8/h1-2H. The number of rotatable bonds is 0. The Morgan fingerprint density at radius 1 is 0.900 bits per heavy atom. The number of hydrogen-bond donors (Lipinski definition) is 0. The van der Waals surface area contributed by atoms with Crippen LogP contribution in [0.5, 0.6) is 0 Å². The molecule has 10 heavy (non-hydrogen) atoms. The smallest absolute Gasteiger partial charge is 0.228 e. The highest BCUT2D eigenvalue weighted by molar-refractivity contribution is 6.46. The minimum Gasteiger partial charge on any atom is -0.285 e. The molecule has 0 aliphatic heterocycles. The third kappa shape index (κ3) is 1.00. The maximum absolute atomic E-state index is 12.0. The van der Waals surface area contributed by atoms with Gasteiger partial charge in [-0.05, 0) is 0 Å². The molecule has 0 fully saturated rings. The monoisotopic (exact) mass is 144 g/mol. The zero-order valence-corrected chi connectivity index (χ0v) is 4.73. The Bertz CT molecular complexity index is 235. The first-order chi connectivity index (χ1) is 4.61. The van der Waals surface area contributed by atoms with Gasteiger partial charge < -0.3 is 0 Å². The number of carbonyl (C=O) groups excluding carboxylic acids is 2. The van der Waals surface area contributed by atoms with E-state index >= 15 is 0 Å². The average Bonchev–Trinajstić information content (AvgIpc) is 1.84. The molecule has 0 saturated carbocycles. The van der Waals surface area contributed by atoms with Crippen LogP contribution in [0.3, 0.4) is 0 Å². The van der Waals surface area contributed by atoms with Crippen molar-refractivity contribution in [2.45, 2.75) is 0 Å². The summed E-state index contributed by atoms with van der Waals surface area (Å²) in [7, 11) is 0. The van der Waals surface area contributed by atoms with Crippen LogP contribution in [-0.4, -0.2) is 11.6 Å². The summed E-state index contributed by atoms with van der Waals surface area (Å²) in [6.07, 6.45) is 0.662. The molecule has 0 bridgehead atoms. The van der Waals surface area contributed by atoms with Crippen LogP contribution in [0.4, 0.5) is 8.78 Å². The number of hydrogen-bond acceptors (Lipinski definition) is 2. The lowest BCUT2D eigenvalue weighted by Gasteiger charge is -1.97. The summed E-state index contributed by atoms with van der Waals surface area (Å²) in [4.78, 5) is 20.5. The summed E-state index contributed by atoms with van der Waals surface area (Å²) in [5.41, 5.74) is 0. The Balaban J connectivity index is 3.06. The van der Waals surface area contributed by atoms with Crippen molar-refractivity contribution in [2.75, 3.05) is 0 Å². The van der Waals surface area contributed by atoms with Crippen molar-refractivity contribution in [3.8, 4) is 0 Å². The maximum atomic E-state index is 12.0. The van der Waals surface area contributed by atoms with E-state index in [0.29, 0.717) is 12.2 Å². The molecule has 0 unspecified atom stereocenters. The quantitative estimate of drug-likeness (QED) is 0.373. The van der Waals surface area contributed by atoms with Gasteiger partial charge in [0.1, 0.15) is 0 Å². The third-order valence-electron chi connectivity index (χ3n) is 0.987. The van der Waals surface area contributed by atoms with Crippen molar-refractivity contribution in [3.05, 3.63) is 23.8 Å². The highest BCUT2D eigenvalue weighted by atomic mass is 19.2. The van der Waals surface area contributed by atoms with E-state index in [0.717, 1.165) is 0 Å². The zero-order valence-electron chi connectivity index (χ0n) is 4.73. The van der Waals surface area contributed by atoms with E-state index in [-0.39, 0.29) is 0 Å². The molecule has 52 valence electrons. The fourth-order valence-electron chi connectivity index (χ4n) is 0.510. The van der Waals surface area contributed by atoms with Crippen molar-refractivity contribution in [1.29, 1.82) is 0 Å². The molecular formula is C6H2F2O2. The molecule has 4 heteroatoms. The van der Waals surface area contributed by atoms with E-state index in [2.05, 4.69) is 0 Å². The van der Waals surface area contributed by atoms with Crippen molar-refractivity contribution < 1.29 is 18.4 Å². The number of allylic oxidation sites excluding steroid dienone is 4. The van der Waals surface area contributed by atoms with Gasteiger partial charge >= 0.3 is 0 Å². The van der Waals surface area contributed by atoms with Crippen LogP contribution in [0.15, 0.2) is 23.8 Å². The summed E-state index contributed by atoms with van der Waals surface area (Å²) < 4.78 is 24.1. The van der Waals surface area contributed by atoms with Gasteiger partial charge in [-0.25, -0.2) is 8.78 Å². The molecule has 0 N–H and O–H groups in total. The van der Waals surface area contributed by atoms with Crippen LogP contribution in [0.2, 0.25) is 0 Å². The summed E-state index contributed by atoms with van der Waals surface area (Å²) in [5, 5.41) is 0. The van der Waals surface area contributed by atoms with Crippen molar-refractivity contribution >= 4 is 11.6 Å². The van der Waals surface area contributed by atoms with E-state index in [1.807, 2.05) is 0 Å². The lowest BCUT2D eigenvalue weighted by molar-refractivity contribution is -0.131. The molecule has 0 spiro atoms. The lowest BCUT2D eigenvalue weighted by Crippen LogP contribution is -2.12. The molecular weight excluding hydrogens is 142 g/mol. The van der Waals surface area contributed by atoms with Gasteiger partial charge in [0.25, 0.3) is 0 Å². The largest absolute Gasteiger partial charge is 0.285 e. The van der Waals surface area contributed by atoms with Gasteiger partial charge in [-0.1, -0.05) is 0 Å². The molecule has 0 radical (unpaired) electrons. The van der Waals surface area contributed by atoms with E-state index < -0.39 is 23.2 Å². The van der Waals surface area contributed by atoms with Crippen LogP contribution in [-0.2, 0) is 9.59 Å². The highest BCUT2D eigenvalue weighted by Crippen LogP contribution is 2.16. The van der Waals surface area contributed by atoms with Gasteiger partial charge in [0.2, 0.25) is 11.6 Å². The average molecular weight is 144 g/mol. The Morgan fingerprint density at radius 3 is 1.50 bits per heavy atom. The van der Waals surface area contributed by atoms with E-state index in [9.17, 15) is 18.4 Å².